The van der Waals surface area contributed by atoms with Gasteiger partial charge in [-0.2, -0.15) is 0 Å². The zero-order chi connectivity index (χ0) is 18.1. The summed E-state index contributed by atoms with van der Waals surface area (Å²) < 4.78 is 20.4. The van der Waals surface area contributed by atoms with E-state index >= 15 is 0 Å². The van der Waals surface area contributed by atoms with Crippen molar-refractivity contribution < 1.29 is 29.2 Å². The highest BCUT2D eigenvalue weighted by Gasteiger charge is 1.90. The highest BCUT2D eigenvalue weighted by molar-refractivity contribution is 4.39. The molecule has 0 saturated heterocycles. The van der Waals surface area contributed by atoms with Gasteiger partial charge in [-0.25, -0.2) is 0 Å². The molecule has 0 bridgehead atoms. The second-order valence-electron chi connectivity index (χ2n) is 5.31. The Bertz CT molecular complexity index is 174. The van der Waals surface area contributed by atoms with E-state index in [1.165, 1.54) is 38.5 Å². The van der Waals surface area contributed by atoms with Crippen LogP contribution in [0.3, 0.4) is 0 Å². The van der Waals surface area contributed by atoms with Crippen LogP contribution in [0.2, 0.25) is 0 Å². The van der Waals surface area contributed by atoms with Gasteiger partial charge in [-0.3, -0.25) is 0 Å². The van der Waals surface area contributed by atoms with Crippen LogP contribution in [-0.4, -0.2) is 76.3 Å². The fraction of sp³-hybridized carbons (Fsp3) is 1.00. The summed E-state index contributed by atoms with van der Waals surface area (Å²) >= 11 is 0. The van der Waals surface area contributed by atoms with Crippen LogP contribution >= 0.6 is 0 Å². The predicted molar refractivity (Wildman–Crippen MR) is 96.5 cm³/mol. The minimum absolute atomic E-state index is 0.0413. The van der Waals surface area contributed by atoms with Gasteiger partial charge in [-0.05, 0) is 12.8 Å². The number of rotatable bonds is 18. The molecular formula is C18H40O6. The third-order valence-electron chi connectivity index (χ3n) is 3.00. The van der Waals surface area contributed by atoms with Gasteiger partial charge < -0.3 is 29.2 Å². The van der Waals surface area contributed by atoms with Crippen molar-refractivity contribution in [1.29, 1.82) is 0 Å². The van der Waals surface area contributed by atoms with E-state index in [1.54, 1.807) is 0 Å². The van der Waals surface area contributed by atoms with Crippen LogP contribution < -0.4 is 0 Å². The molecule has 0 aliphatic heterocycles. The van der Waals surface area contributed by atoms with Crippen molar-refractivity contribution in [1.82, 2.24) is 0 Å². The van der Waals surface area contributed by atoms with E-state index in [-0.39, 0.29) is 13.2 Å². The van der Waals surface area contributed by atoms with Crippen LogP contribution in [0.15, 0.2) is 0 Å². The van der Waals surface area contributed by atoms with E-state index in [9.17, 15) is 0 Å². The van der Waals surface area contributed by atoms with Crippen molar-refractivity contribution in [3.8, 4) is 0 Å². The molecule has 0 aromatic rings. The molecule has 0 fully saturated rings. The van der Waals surface area contributed by atoms with Crippen molar-refractivity contribution in [3.63, 3.8) is 0 Å². The van der Waals surface area contributed by atoms with Gasteiger partial charge in [-0.1, -0.05) is 39.5 Å². The van der Waals surface area contributed by atoms with E-state index in [1.807, 2.05) is 0 Å². The summed E-state index contributed by atoms with van der Waals surface area (Å²) in [4.78, 5) is 0. The summed E-state index contributed by atoms with van der Waals surface area (Å²) in [7, 11) is 0. The first-order valence-electron chi connectivity index (χ1n) is 9.36. The first kappa shape index (κ1) is 26.0. The molecule has 0 unspecified atom stereocenters. The quantitative estimate of drug-likeness (QED) is 0.369. The third kappa shape index (κ3) is 29.7. The molecule has 0 atom stereocenters. The van der Waals surface area contributed by atoms with E-state index in [2.05, 4.69) is 13.8 Å². The van der Waals surface area contributed by atoms with Gasteiger partial charge in [0, 0.05) is 13.2 Å². The molecule has 2 N–H and O–H groups in total. The van der Waals surface area contributed by atoms with Crippen LogP contribution in [-0.2, 0) is 18.9 Å². The molecule has 0 radical (unpaired) electrons. The normalized spacial score (nSPS) is 10.5. The highest BCUT2D eigenvalue weighted by Crippen LogP contribution is 1.99. The molecule has 0 aliphatic rings. The van der Waals surface area contributed by atoms with Gasteiger partial charge in [0.2, 0.25) is 0 Å². The number of ether oxygens (including phenoxy) is 4. The molecule has 0 aromatic heterocycles. The van der Waals surface area contributed by atoms with Crippen LogP contribution in [0.1, 0.15) is 52.4 Å². The lowest BCUT2D eigenvalue weighted by atomic mass is 10.2. The third-order valence-corrected chi connectivity index (χ3v) is 3.00. The molecule has 0 saturated carbocycles. The topological polar surface area (TPSA) is 77.4 Å². The van der Waals surface area contributed by atoms with E-state index in [0.29, 0.717) is 39.6 Å². The maximum absolute atomic E-state index is 8.36. The van der Waals surface area contributed by atoms with Crippen molar-refractivity contribution in [3.05, 3.63) is 0 Å². The minimum Gasteiger partial charge on any atom is -0.394 e. The predicted octanol–water partition coefficient (Wildman–Crippen LogP) is 2.40. The molecule has 0 rings (SSSR count). The van der Waals surface area contributed by atoms with E-state index in [0.717, 1.165) is 13.2 Å². The maximum atomic E-state index is 8.36. The van der Waals surface area contributed by atoms with Crippen molar-refractivity contribution >= 4 is 0 Å². The summed E-state index contributed by atoms with van der Waals surface area (Å²) in [6.07, 6.45) is 7.72. The number of aliphatic hydroxyl groups excluding tert-OH is 2. The van der Waals surface area contributed by atoms with Crippen LogP contribution in [0.25, 0.3) is 0 Å². The zero-order valence-corrected chi connectivity index (χ0v) is 15.8. The standard InChI is InChI=1S/C10H22O.C8H18O5/c1-3-5-7-8-10-11-9-6-4-2;9-1-3-11-5-7-13-8-6-12-4-2-10/h3-10H2,1-2H3;9-10H,1-8H2. The Kier molecular flexibility index (Phi) is 29.9. The molecule has 0 heterocycles. The van der Waals surface area contributed by atoms with E-state index < -0.39 is 0 Å². The number of hydrogen-bond acceptors (Lipinski definition) is 6. The highest BCUT2D eigenvalue weighted by atomic mass is 16.5. The second kappa shape index (κ2) is 27.6. The minimum atomic E-state index is 0.0413. The Hall–Kier alpha value is -0.240. The lowest BCUT2D eigenvalue weighted by Gasteiger charge is -2.04. The zero-order valence-electron chi connectivity index (χ0n) is 15.8. The molecule has 6 heteroatoms. The summed E-state index contributed by atoms with van der Waals surface area (Å²) in [5, 5.41) is 16.7. The van der Waals surface area contributed by atoms with Gasteiger partial charge in [0.05, 0.1) is 52.9 Å². The Morgan fingerprint density at radius 1 is 0.458 bits per heavy atom. The molecule has 148 valence electrons. The van der Waals surface area contributed by atoms with Crippen LogP contribution in [0.5, 0.6) is 0 Å². The molecule has 0 aromatic carbocycles. The van der Waals surface area contributed by atoms with Gasteiger partial charge in [0.15, 0.2) is 0 Å². The lowest BCUT2D eigenvalue weighted by Crippen LogP contribution is -2.11. The van der Waals surface area contributed by atoms with Gasteiger partial charge in [0.1, 0.15) is 0 Å². The van der Waals surface area contributed by atoms with Crippen LogP contribution in [0.4, 0.5) is 0 Å². The first-order chi connectivity index (χ1) is 11.8. The Morgan fingerprint density at radius 3 is 1.33 bits per heavy atom. The van der Waals surface area contributed by atoms with Gasteiger partial charge >= 0.3 is 0 Å². The molecular weight excluding hydrogens is 312 g/mol. The Labute approximate surface area is 148 Å². The second-order valence-corrected chi connectivity index (χ2v) is 5.31. The van der Waals surface area contributed by atoms with Crippen LogP contribution in [0, 0.1) is 0 Å². The fourth-order valence-electron chi connectivity index (χ4n) is 1.65. The molecule has 6 nitrogen and oxygen atoms in total. The SMILES string of the molecule is CCCCCCOCCCC.OCCOCCOCCOCCO. The van der Waals surface area contributed by atoms with Crippen molar-refractivity contribution in [2.45, 2.75) is 52.4 Å². The maximum Gasteiger partial charge on any atom is 0.0701 e. The number of hydrogen-bond donors (Lipinski definition) is 2. The van der Waals surface area contributed by atoms with Gasteiger partial charge in [-0.15, -0.1) is 0 Å². The largest absolute Gasteiger partial charge is 0.394 e. The average Bonchev–Trinajstić information content (AvgIpc) is 2.60. The fourth-order valence-corrected chi connectivity index (χ4v) is 1.65. The number of aliphatic hydroxyl groups is 2. The first-order valence-corrected chi connectivity index (χ1v) is 9.36. The molecule has 24 heavy (non-hydrogen) atoms. The van der Waals surface area contributed by atoms with E-state index in [4.69, 9.17) is 29.2 Å². The molecule has 0 spiro atoms. The van der Waals surface area contributed by atoms with Gasteiger partial charge in [0.25, 0.3) is 0 Å². The van der Waals surface area contributed by atoms with Crippen molar-refractivity contribution in [2.24, 2.45) is 0 Å². The molecule has 0 amide bonds. The Morgan fingerprint density at radius 2 is 0.875 bits per heavy atom. The summed E-state index contributed by atoms with van der Waals surface area (Å²) in [6, 6.07) is 0. The smallest absolute Gasteiger partial charge is 0.0701 e. The molecule has 0 aliphatic carbocycles. The number of unbranched alkanes of at least 4 members (excludes halogenated alkanes) is 4. The summed E-state index contributed by atoms with van der Waals surface area (Å²) in [5.74, 6) is 0. The monoisotopic (exact) mass is 352 g/mol. The summed E-state index contributed by atoms with van der Waals surface area (Å²) in [5.41, 5.74) is 0. The summed E-state index contributed by atoms with van der Waals surface area (Å²) in [6.45, 7) is 9.13. The van der Waals surface area contributed by atoms with Crippen molar-refractivity contribution in [2.75, 3.05) is 66.1 Å². The lowest BCUT2D eigenvalue weighted by molar-refractivity contribution is 0.00230. The Balaban J connectivity index is 0. The average molecular weight is 353 g/mol.